The third-order valence-electron chi connectivity index (χ3n) is 4.09. The predicted octanol–water partition coefficient (Wildman–Crippen LogP) is 2.65. The molecule has 1 fully saturated rings. The number of likely N-dealkylation sites (tertiary alicyclic amines) is 1. The lowest BCUT2D eigenvalue weighted by molar-refractivity contribution is 0.153. The standard InChI is InChI=1S/C16H26N2O/c1-2-14-6-8-18(9-7-14)10-11-19-16-5-3-4-15(12-16)13-17/h3-5,12,14H,2,6-11,13,17H2,1H3. The maximum absolute atomic E-state index is 5.81. The molecule has 1 heterocycles. The average Bonchev–Trinajstić information content (AvgIpc) is 2.48. The van der Waals surface area contributed by atoms with Crippen molar-refractivity contribution in [3.8, 4) is 5.75 Å². The molecule has 2 rings (SSSR count). The zero-order chi connectivity index (χ0) is 13.5. The Labute approximate surface area is 116 Å². The van der Waals surface area contributed by atoms with Gasteiger partial charge in [-0.1, -0.05) is 25.5 Å². The molecule has 0 aliphatic carbocycles. The molecule has 1 aromatic carbocycles. The van der Waals surface area contributed by atoms with E-state index in [1.54, 1.807) is 0 Å². The number of hydrogen-bond acceptors (Lipinski definition) is 3. The summed E-state index contributed by atoms with van der Waals surface area (Å²) in [5, 5.41) is 0. The monoisotopic (exact) mass is 262 g/mol. The van der Waals surface area contributed by atoms with Crippen LogP contribution in [-0.2, 0) is 6.54 Å². The Morgan fingerprint density at radius 3 is 2.79 bits per heavy atom. The van der Waals surface area contributed by atoms with E-state index in [0.717, 1.165) is 30.4 Å². The average molecular weight is 262 g/mol. The minimum atomic E-state index is 0.571. The van der Waals surface area contributed by atoms with Gasteiger partial charge in [-0.2, -0.15) is 0 Å². The van der Waals surface area contributed by atoms with Crippen LogP contribution in [0.2, 0.25) is 0 Å². The van der Waals surface area contributed by atoms with Crippen LogP contribution in [-0.4, -0.2) is 31.1 Å². The van der Waals surface area contributed by atoms with Crippen molar-refractivity contribution >= 4 is 0 Å². The molecule has 0 aromatic heterocycles. The number of hydrogen-bond donors (Lipinski definition) is 1. The fourth-order valence-corrected chi connectivity index (χ4v) is 2.67. The maximum atomic E-state index is 5.81. The maximum Gasteiger partial charge on any atom is 0.119 e. The van der Waals surface area contributed by atoms with Crippen molar-refractivity contribution in [2.24, 2.45) is 11.7 Å². The molecule has 1 aliphatic rings. The topological polar surface area (TPSA) is 38.5 Å². The van der Waals surface area contributed by atoms with Crippen molar-refractivity contribution < 1.29 is 4.74 Å². The van der Waals surface area contributed by atoms with Crippen LogP contribution in [0.4, 0.5) is 0 Å². The van der Waals surface area contributed by atoms with Gasteiger partial charge in [0.05, 0.1) is 0 Å². The van der Waals surface area contributed by atoms with E-state index >= 15 is 0 Å². The summed E-state index contributed by atoms with van der Waals surface area (Å²) in [4.78, 5) is 2.51. The summed E-state index contributed by atoms with van der Waals surface area (Å²) >= 11 is 0. The van der Waals surface area contributed by atoms with Crippen LogP contribution in [0.3, 0.4) is 0 Å². The predicted molar refractivity (Wildman–Crippen MR) is 79.3 cm³/mol. The zero-order valence-corrected chi connectivity index (χ0v) is 12.0. The van der Waals surface area contributed by atoms with Gasteiger partial charge in [0.15, 0.2) is 0 Å². The number of nitrogens with two attached hydrogens (primary N) is 1. The zero-order valence-electron chi connectivity index (χ0n) is 12.0. The largest absolute Gasteiger partial charge is 0.492 e. The first-order valence-corrected chi connectivity index (χ1v) is 7.46. The summed E-state index contributed by atoms with van der Waals surface area (Å²) in [6.07, 6.45) is 4.02. The highest BCUT2D eigenvalue weighted by molar-refractivity contribution is 5.28. The van der Waals surface area contributed by atoms with Gasteiger partial charge in [-0.3, -0.25) is 4.90 Å². The van der Waals surface area contributed by atoms with E-state index in [0.29, 0.717) is 6.54 Å². The van der Waals surface area contributed by atoms with Crippen molar-refractivity contribution in [3.05, 3.63) is 29.8 Å². The van der Waals surface area contributed by atoms with Gasteiger partial charge in [0.2, 0.25) is 0 Å². The van der Waals surface area contributed by atoms with Crippen LogP contribution in [0.5, 0.6) is 5.75 Å². The number of nitrogens with zero attached hydrogens (tertiary/aromatic N) is 1. The summed E-state index contributed by atoms with van der Waals surface area (Å²) < 4.78 is 5.81. The third kappa shape index (κ3) is 4.51. The van der Waals surface area contributed by atoms with Gasteiger partial charge < -0.3 is 10.5 Å². The highest BCUT2D eigenvalue weighted by atomic mass is 16.5. The summed E-state index contributed by atoms with van der Waals surface area (Å²) in [5.41, 5.74) is 6.75. The van der Waals surface area contributed by atoms with E-state index in [1.807, 2.05) is 24.3 Å². The van der Waals surface area contributed by atoms with Crippen LogP contribution in [0, 0.1) is 5.92 Å². The molecule has 1 saturated heterocycles. The Bertz CT molecular complexity index is 373. The first kappa shape index (κ1) is 14.4. The molecule has 0 spiro atoms. The SMILES string of the molecule is CCC1CCN(CCOc2cccc(CN)c2)CC1. The second kappa shape index (κ2) is 7.51. The Morgan fingerprint density at radius 1 is 1.32 bits per heavy atom. The molecule has 0 atom stereocenters. The number of ether oxygens (including phenoxy) is 1. The Morgan fingerprint density at radius 2 is 2.11 bits per heavy atom. The number of piperidine rings is 1. The van der Waals surface area contributed by atoms with Gasteiger partial charge in [-0.15, -0.1) is 0 Å². The first-order valence-electron chi connectivity index (χ1n) is 7.46. The third-order valence-corrected chi connectivity index (χ3v) is 4.09. The lowest BCUT2D eigenvalue weighted by atomic mass is 9.94. The van der Waals surface area contributed by atoms with Gasteiger partial charge in [-0.05, 0) is 49.5 Å². The quantitative estimate of drug-likeness (QED) is 0.856. The van der Waals surface area contributed by atoms with Gasteiger partial charge in [0, 0.05) is 13.1 Å². The molecule has 2 N–H and O–H groups in total. The van der Waals surface area contributed by atoms with Crippen molar-refractivity contribution in [3.63, 3.8) is 0 Å². The Balaban J connectivity index is 1.69. The molecular formula is C16H26N2O. The molecule has 3 heteroatoms. The van der Waals surface area contributed by atoms with Crippen molar-refractivity contribution in [1.29, 1.82) is 0 Å². The first-order chi connectivity index (χ1) is 9.31. The smallest absolute Gasteiger partial charge is 0.119 e. The van der Waals surface area contributed by atoms with Crippen LogP contribution in [0.15, 0.2) is 24.3 Å². The summed E-state index contributed by atoms with van der Waals surface area (Å²) in [6.45, 7) is 7.12. The molecule has 0 saturated carbocycles. The lowest BCUT2D eigenvalue weighted by Gasteiger charge is -2.31. The van der Waals surface area contributed by atoms with E-state index in [1.165, 1.54) is 32.4 Å². The van der Waals surface area contributed by atoms with Crippen LogP contribution in [0.25, 0.3) is 0 Å². The van der Waals surface area contributed by atoms with E-state index in [9.17, 15) is 0 Å². The van der Waals surface area contributed by atoms with E-state index in [2.05, 4.69) is 11.8 Å². The molecule has 0 radical (unpaired) electrons. The summed E-state index contributed by atoms with van der Waals surface area (Å²) in [7, 11) is 0. The Hall–Kier alpha value is -1.06. The summed E-state index contributed by atoms with van der Waals surface area (Å²) in [5.74, 6) is 1.88. The second-order valence-electron chi connectivity index (χ2n) is 5.39. The van der Waals surface area contributed by atoms with Gasteiger partial charge >= 0.3 is 0 Å². The molecule has 0 bridgehead atoms. The van der Waals surface area contributed by atoms with Crippen molar-refractivity contribution in [2.75, 3.05) is 26.2 Å². The second-order valence-corrected chi connectivity index (χ2v) is 5.39. The van der Waals surface area contributed by atoms with Crippen molar-refractivity contribution in [2.45, 2.75) is 32.7 Å². The molecule has 1 aromatic rings. The summed E-state index contributed by atoms with van der Waals surface area (Å²) in [6, 6.07) is 8.07. The molecule has 0 amide bonds. The van der Waals surface area contributed by atoms with E-state index < -0.39 is 0 Å². The van der Waals surface area contributed by atoms with Crippen LogP contribution < -0.4 is 10.5 Å². The fourth-order valence-electron chi connectivity index (χ4n) is 2.67. The minimum absolute atomic E-state index is 0.571. The molecule has 3 nitrogen and oxygen atoms in total. The normalized spacial score (nSPS) is 17.6. The molecular weight excluding hydrogens is 236 g/mol. The highest BCUT2D eigenvalue weighted by Crippen LogP contribution is 2.19. The molecule has 0 unspecified atom stereocenters. The number of rotatable bonds is 6. The fraction of sp³-hybridized carbons (Fsp3) is 0.625. The van der Waals surface area contributed by atoms with E-state index in [4.69, 9.17) is 10.5 Å². The molecule has 106 valence electrons. The van der Waals surface area contributed by atoms with E-state index in [-0.39, 0.29) is 0 Å². The molecule has 1 aliphatic heterocycles. The van der Waals surface area contributed by atoms with Crippen LogP contribution >= 0.6 is 0 Å². The van der Waals surface area contributed by atoms with Gasteiger partial charge in [0.1, 0.15) is 12.4 Å². The Kier molecular flexibility index (Phi) is 5.67. The molecule has 19 heavy (non-hydrogen) atoms. The van der Waals surface area contributed by atoms with Crippen molar-refractivity contribution in [1.82, 2.24) is 4.90 Å². The van der Waals surface area contributed by atoms with Gasteiger partial charge in [-0.25, -0.2) is 0 Å². The minimum Gasteiger partial charge on any atom is -0.492 e. The van der Waals surface area contributed by atoms with Gasteiger partial charge in [0.25, 0.3) is 0 Å². The highest BCUT2D eigenvalue weighted by Gasteiger charge is 2.17. The lowest BCUT2D eigenvalue weighted by Crippen LogP contribution is -2.36. The number of benzene rings is 1. The van der Waals surface area contributed by atoms with Crippen LogP contribution in [0.1, 0.15) is 31.7 Å².